The maximum Gasteiger partial charge on any atom is 0.292 e. The van der Waals surface area contributed by atoms with Gasteiger partial charge in [0.2, 0.25) is 0 Å². The molecule has 1 aliphatic heterocycles. The summed E-state index contributed by atoms with van der Waals surface area (Å²) < 4.78 is 20.0. The molecule has 0 saturated heterocycles. The molecule has 0 spiro atoms. The average Bonchev–Trinajstić information content (AvgIpc) is 3.23. The van der Waals surface area contributed by atoms with Gasteiger partial charge in [0.1, 0.15) is 11.5 Å². The molecule has 9 heteroatoms. The number of anilines is 1. The Bertz CT molecular complexity index is 987. The minimum Gasteiger partial charge on any atom is -0.383 e. The fourth-order valence-corrected chi connectivity index (χ4v) is 3.72. The third kappa shape index (κ3) is 4.18. The van der Waals surface area contributed by atoms with Crippen LogP contribution in [0.2, 0.25) is 5.02 Å². The van der Waals surface area contributed by atoms with E-state index in [1.54, 1.807) is 11.5 Å². The highest BCUT2D eigenvalue weighted by Crippen LogP contribution is 2.30. The number of hydrogen-bond acceptors (Lipinski definition) is 4. The van der Waals surface area contributed by atoms with Crippen molar-refractivity contribution in [3.63, 3.8) is 0 Å². The standard InChI is InChI=1S/C20H21ClFN3O4/c1-11-16(18(26)20(28)23-7-9-29-2)15-4-3-8-25(15)17(11)19(27)24-12-5-6-14(22)13(21)10-12/h5-6,10H,3-4,7-9H2,1-2H3,(H,23,28)(H,24,27). The van der Waals surface area contributed by atoms with Gasteiger partial charge >= 0.3 is 0 Å². The Morgan fingerprint density at radius 3 is 2.76 bits per heavy atom. The molecule has 2 aromatic rings. The number of nitrogens with zero attached hydrogens (tertiary/aromatic N) is 1. The Labute approximate surface area is 172 Å². The lowest BCUT2D eigenvalue weighted by Crippen LogP contribution is -2.34. The van der Waals surface area contributed by atoms with Crippen molar-refractivity contribution in [1.82, 2.24) is 9.88 Å². The minimum atomic E-state index is -0.734. The predicted molar refractivity (Wildman–Crippen MR) is 106 cm³/mol. The van der Waals surface area contributed by atoms with Crippen LogP contribution in [-0.4, -0.2) is 42.4 Å². The third-order valence-electron chi connectivity index (χ3n) is 4.83. The van der Waals surface area contributed by atoms with Crippen molar-refractivity contribution in [2.75, 3.05) is 25.6 Å². The largest absolute Gasteiger partial charge is 0.383 e. The molecule has 1 aromatic carbocycles. The zero-order valence-corrected chi connectivity index (χ0v) is 16.9. The lowest BCUT2D eigenvalue weighted by Gasteiger charge is -2.09. The number of carbonyl (C=O) groups excluding carboxylic acids is 3. The number of benzene rings is 1. The van der Waals surface area contributed by atoms with Crippen molar-refractivity contribution >= 4 is 34.9 Å². The van der Waals surface area contributed by atoms with E-state index in [0.717, 1.165) is 12.5 Å². The SMILES string of the molecule is COCCNC(=O)C(=O)c1c(C)c(C(=O)Nc2ccc(F)c(Cl)c2)n2c1CCC2. The Kier molecular flexibility index (Phi) is 6.34. The molecule has 7 nitrogen and oxygen atoms in total. The van der Waals surface area contributed by atoms with Gasteiger partial charge in [0.25, 0.3) is 17.6 Å². The van der Waals surface area contributed by atoms with E-state index in [1.165, 1.54) is 19.2 Å². The van der Waals surface area contributed by atoms with Crippen molar-refractivity contribution < 1.29 is 23.5 Å². The van der Waals surface area contributed by atoms with E-state index in [9.17, 15) is 18.8 Å². The highest BCUT2D eigenvalue weighted by Gasteiger charge is 2.33. The monoisotopic (exact) mass is 421 g/mol. The van der Waals surface area contributed by atoms with Crippen molar-refractivity contribution in [1.29, 1.82) is 0 Å². The van der Waals surface area contributed by atoms with E-state index in [2.05, 4.69) is 10.6 Å². The number of rotatable bonds is 7. The number of nitrogens with one attached hydrogen (secondary N) is 2. The molecule has 0 radical (unpaired) electrons. The van der Waals surface area contributed by atoms with Crippen LogP contribution in [0.15, 0.2) is 18.2 Å². The van der Waals surface area contributed by atoms with Crippen molar-refractivity contribution in [2.24, 2.45) is 0 Å². The molecule has 0 unspecified atom stereocenters. The van der Waals surface area contributed by atoms with Crippen LogP contribution in [0.5, 0.6) is 0 Å². The molecule has 29 heavy (non-hydrogen) atoms. The van der Waals surface area contributed by atoms with Crippen LogP contribution in [0, 0.1) is 12.7 Å². The lowest BCUT2D eigenvalue weighted by molar-refractivity contribution is -0.117. The zero-order valence-electron chi connectivity index (χ0n) is 16.1. The molecule has 0 fully saturated rings. The summed E-state index contributed by atoms with van der Waals surface area (Å²) in [6.45, 7) is 2.73. The van der Waals surface area contributed by atoms with E-state index in [4.69, 9.17) is 16.3 Å². The van der Waals surface area contributed by atoms with Crippen LogP contribution in [0.3, 0.4) is 0 Å². The molecule has 2 heterocycles. The molecule has 1 aromatic heterocycles. The summed E-state index contributed by atoms with van der Waals surface area (Å²) in [5, 5.41) is 5.09. The van der Waals surface area contributed by atoms with Gasteiger partial charge in [-0.1, -0.05) is 11.6 Å². The van der Waals surface area contributed by atoms with E-state index >= 15 is 0 Å². The summed E-state index contributed by atoms with van der Waals surface area (Å²) in [5.74, 6) is -2.44. The van der Waals surface area contributed by atoms with Crippen molar-refractivity contribution in [3.05, 3.63) is 51.6 Å². The fourth-order valence-electron chi connectivity index (χ4n) is 3.54. The number of halogens is 2. The van der Waals surface area contributed by atoms with Gasteiger partial charge in [0.15, 0.2) is 0 Å². The molecular formula is C20H21ClFN3O4. The smallest absolute Gasteiger partial charge is 0.292 e. The number of methoxy groups -OCH3 is 1. The van der Waals surface area contributed by atoms with Gasteiger partial charge in [-0.25, -0.2) is 4.39 Å². The summed E-state index contributed by atoms with van der Waals surface area (Å²) in [7, 11) is 1.50. The first kappa shape index (κ1) is 21.0. The van der Waals surface area contributed by atoms with Crippen LogP contribution >= 0.6 is 11.6 Å². The average molecular weight is 422 g/mol. The topological polar surface area (TPSA) is 89.4 Å². The number of aromatic nitrogens is 1. The molecule has 2 N–H and O–H groups in total. The highest BCUT2D eigenvalue weighted by molar-refractivity contribution is 6.43. The van der Waals surface area contributed by atoms with Gasteiger partial charge in [-0.05, 0) is 43.5 Å². The van der Waals surface area contributed by atoms with Crippen LogP contribution in [0.25, 0.3) is 0 Å². The van der Waals surface area contributed by atoms with Gasteiger partial charge < -0.3 is 19.9 Å². The quantitative estimate of drug-likeness (QED) is 0.408. The summed E-state index contributed by atoms with van der Waals surface area (Å²) in [6.07, 6.45) is 1.37. The first-order valence-electron chi connectivity index (χ1n) is 9.15. The van der Waals surface area contributed by atoms with Gasteiger partial charge in [0, 0.05) is 31.6 Å². The van der Waals surface area contributed by atoms with Crippen molar-refractivity contribution in [3.8, 4) is 0 Å². The second-order valence-corrected chi connectivity index (χ2v) is 7.12. The van der Waals surface area contributed by atoms with Crippen LogP contribution in [0.1, 0.15) is 38.5 Å². The third-order valence-corrected chi connectivity index (χ3v) is 5.12. The Balaban J connectivity index is 1.89. The summed E-state index contributed by atoms with van der Waals surface area (Å²) in [4.78, 5) is 37.9. The van der Waals surface area contributed by atoms with Crippen LogP contribution < -0.4 is 10.6 Å². The molecule has 154 valence electrons. The number of Topliss-reactive ketones (excluding diaryl/α,β-unsaturated/α-hetero) is 1. The first-order chi connectivity index (χ1) is 13.8. The number of fused-ring (bicyclic) bond motifs is 1. The maximum absolute atomic E-state index is 13.4. The number of hydrogen-bond donors (Lipinski definition) is 2. The predicted octanol–water partition coefficient (Wildman–Crippen LogP) is 2.73. The van der Waals surface area contributed by atoms with Gasteiger partial charge in [-0.2, -0.15) is 0 Å². The Hall–Kier alpha value is -2.71. The summed E-state index contributed by atoms with van der Waals surface area (Å²) in [5.41, 5.74) is 2.03. The number of ketones is 1. The minimum absolute atomic E-state index is 0.108. The van der Waals surface area contributed by atoms with E-state index in [1.807, 2.05) is 0 Å². The second-order valence-electron chi connectivity index (χ2n) is 6.71. The molecule has 3 rings (SSSR count). The van der Waals surface area contributed by atoms with Crippen LogP contribution in [0.4, 0.5) is 10.1 Å². The molecule has 0 saturated carbocycles. The van der Waals surface area contributed by atoms with Crippen LogP contribution in [-0.2, 0) is 22.5 Å². The normalized spacial score (nSPS) is 12.6. The maximum atomic E-state index is 13.4. The Morgan fingerprint density at radius 2 is 2.07 bits per heavy atom. The lowest BCUT2D eigenvalue weighted by atomic mass is 10.0. The fraction of sp³-hybridized carbons (Fsp3) is 0.350. The van der Waals surface area contributed by atoms with Crippen molar-refractivity contribution in [2.45, 2.75) is 26.3 Å². The molecule has 0 atom stereocenters. The molecular weight excluding hydrogens is 401 g/mol. The van der Waals surface area contributed by atoms with E-state index < -0.39 is 23.4 Å². The number of ether oxygens (including phenoxy) is 1. The van der Waals surface area contributed by atoms with Gasteiger partial charge in [-0.15, -0.1) is 0 Å². The molecule has 1 aliphatic rings. The Morgan fingerprint density at radius 1 is 1.31 bits per heavy atom. The summed E-state index contributed by atoms with van der Waals surface area (Å²) >= 11 is 5.77. The highest BCUT2D eigenvalue weighted by atomic mass is 35.5. The molecule has 2 amide bonds. The second kappa shape index (κ2) is 8.75. The number of carbonyl (C=O) groups is 3. The number of amides is 2. The first-order valence-corrected chi connectivity index (χ1v) is 9.52. The molecule has 0 aliphatic carbocycles. The summed E-state index contributed by atoms with van der Waals surface area (Å²) in [6, 6.07) is 3.87. The van der Waals surface area contributed by atoms with Gasteiger partial charge in [-0.3, -0.25) is 14.4 Å². The molecule has 0 bridgehead atoms. The van der Waals surface area contributed by atoms with E-state index in [-0.39, 0.29) is 17.1 Å². The van der Waals surface area contributed by atoms with E-state index in [0.29, 0.717) is 42.2 Å². The zero-order chi connectivity index (χ0) is 21.1. The van der Waals surface area contributed by atoms with Gasteiger partial charge in [0.05, 0.1) is 17.2 Å².